The predicted octanol–water partition coefficient (Wildman–Crippen LogP) is 0.0704. The van der Waals surface area contributed by atoms with Crippen LogP contribution in [0.25, 0.3) is 0 Å². The maximum absolute atomic E-state index is 11.3. The Balaban J connectivity index is 1.76. The maximum Gasteiger partial charge on any atom is 0.324 e. The second kappa shape index (κ2) is 4.61. The van der Waals surface area contributed by atoms with Crippen LogP contribution < -0.4 is 10.6 Å². The summed E-state index contributed by atoms with van der Waals surface area (Å²) in [5.74, 6) is -0.101. The summed E-state index contributed by atoms with van der Waals surface area (Å²) in [7, 11) is 0. The van der Waals surface area contributed by atoms with Crippen molar-refractivity contribution in [3.63, 3.8) is 0 Å². The Hall–Kier alpha value is -1.10. The Labute approximate surface area is 89.2 Å². The van der Waals surface area contributed by atoms with Gasteiger partial charge in [-0.2, -0.15) is 0 Å². The first-order chi connectivity index (χ1) is 7.27. The number of hydrogen-bond donors (Lipinski definition) is 2. The molecular formula is C10H17N3O2. The molecule has 2 saturated heterocycles. The minimum Gasteiger partial charge on any atom is -0.329 e. The van der Waals surface area contributed by atoms with Crippen molar-refractivity contribution in [1.82, 2.24) is 15.5 Å². The summed E-state index contributed by atoms with van der Waals surface area (Å²) in [6.45, 7) is 1.77. The smallest absolute Gasteiger partial charge is 0.324 e. The van der Waals surface area contributed by atoms with Crippen molar-refractivity contribution in [1.29, 1.82) is 0 Å². The monoisotopic (exact) mass is 211 g/mol. The van der Waals surface area contributed by atoms with E-state index in [-0.39, 0.29) is 18.5 Å². The van der Waals surface area contributed by atoms with E-state index in [1.165, 1.54) is 17.7 Å². The molecule has 0 saturated carbocycles. The zero-order chi connectivity index (χ0) is 10.7. The fourth-order valence-electron chi connectivity index (χ4n) is 2.14. The summed E-state index contributed by atoms with van der Waals surface area (Å²) in [6.07, 6.45) is 4.51. The highest BCUT2D eigenvalue weighted by atomic mass is 16.2. The van der Waals surface area contributed by atoms with Gasteiger partial charge < -0.3 is 10.6 Å². The number of hydrogen-bond acceptors (Lipinski definition) is 3. The number of carbonyl (C=O) groups is 2. The molecule has 5 heteroatoms. The molecule has 2 fully saturated rings. The minimum absolute atomic E-state index is 0.101. The van der Waals surface area contributed by atoms with E-state index in [0.717, 1.165) is 19.4 Å². The Bertz CT molecular complexity index is 245. The summed E-state index contributed by atoms with van der Waals surface area (Å²) in [4.78, 5) is 23.8. The third-order valence-corrected chi connectivity index (χ3v) is 3.05. The van der Waals surface area contributed by atoms with Gasteiger partial charge in [0.25, 0.3) is 0 Å². The zero-order valence-electron chi connectivity index (χ0n) is 8.79. The largest absolute Gasteiger partial charge is 0.329 e. The third-order valence-electron chi connectivity index (χ3n) is 3.05. The Morgan fingerprint density at radius 3 is 2.80 bits per heavy atom. The lowest BCUT2D eigenvalue weighted by atomic mass is 10.0. The molecule has 0 aromatic rings. The highest BCUT2D eigenvalue weighted by Gasteiger charge is 2.28. The van der Waals surface area contributed by atoms with E-state index in [2.05, 4.69) is 10.6 Å². The zero-order valence-corrected chi connectivity index (χ0v) is 8.79. The number of urea groups is 1. The number of nitrogens with zero attached hydrogens (tertiary/aromatic N) is 1. The maximum atomic E-state index is 11.3. The molecule has 0 bridgehead atoms. The van der Waals surface area contributed by atoms with E-state index in [4.69, 9.17) is 0 Å². The highest BCUT2D eigenvalue weighted by molar-refractivity contribution is 6.01. The van der Waals surface area contributed by atoms with Crippen molar-refractivity contribution in [3.8, 4) is 0 Å². The van der Waals surface area contributed by atoms with Crippen LogP contribution in [0, 0.1) is 0 Å². The van der Waals surface area contributed by atoms with Gasteiger partial charge in [0.2, 0.25) is 5.91 Å². The third kappa shape index (κ3) is 2.47. The van der Waals surface area contributed by atoms with Gasteiger partial charge in [0, 0.05) is 12.6 Å². The van der Waals surface area contributed by atoms with Crippen molar-refractivity contribution >= 4 is 11.9 Å². The molecule has 84 valence electrons. The van der Waals surface area contributed by atoms with Crippen LogP contribution in [0.1, 0.15) is 25.7 Å². The molecule has 0 spiro atoms. The van der Waals surface area contributed by atoms with Crippen molar-refractivity contribution in [2.45, 2.75) is 31.7 Å². The fourth-order valence-corrected chi connectivity index (χ4v) is 2.14. The van der Waals surface area contributed by atoms with Crippen LogP contribution in [0.15, 0.2) is 0 Å². The summed E-state index contributed by atoms with van der Waals surface area (Å²) >= 11 is 0. The lowest BCUT2D eigenvalue weighted by Gasteiger charge is -2.24. The fraction of sp³-hybridized carbons (Fsp3) is 0.800. The average molecular weight is 211 g/mol. The molecule has 2 N–H and O–H groups in total. The number of amides is 3. The standard InChI is InChI=1S/C10H17N3O2/c14-9-7-12-10(15)13(9)6-4-8-3-1-2-5-11-8/h8,11H,1-7H2,(H,12,15). The van der Waals surface area contributed by atoms with E-state index in [1.54, 1.807) is 0 Å². The second-order valence-electron chi connectivity index (χ2n) is 4.14. The Morgan fingerprint density at radius 2 is 2.20 bits per heavy atom. The van der Waals surface area contributed by atoms with Crippen LogP contribution in [0.4, 0.5) is 4.79 Å². The van der Waals surface area contributed by atoms with Crippen LogP contribution in [-0.4, -0.2) is 42.5 Å². The van der Waals surface area contributed by atoms with Gasteiger partial charge in [0.05, 0.1) is 6.54 Å². The molecule has 0 radical (unpaired) electrons. The Kier molecular flexibility index (Phi) is 3.20. The molecule has 1 unspecified atom stereocenters. The number of carbonyl (C=O) groups excluding carboxylic acids is 2. The lowest BCUT2D eigenvalue weighted by molar-refractivity contribution is -0.125. The van der Waals surface area contributed by atoms with Crippen LogP contribution >= 0.6 is 0 Å². The van der Waals surface area contributed by atoms with Crippen molar-refractivity contribution in [2.75, 3.05) is 19.6 Å². The minimum atomic E-state index is -0.240. The van der Waals surface area contributed by atoms with E-state index in [1.807, 2.05) is 0 Å². The summed E-state index contributed by atoms with van der Waals surface area (Å²) in [5, 5.41) is 5.93. The second-order valence-corrected chi connectivity index (χ2v) is 4.14. The van der Waals surface area contributed by atoms with E-state index >= 15 is 0 Å². The molecular weight excluding hydrogens is 194 g/mol. The molecule has 0 aromatic heterocycles. The van der Waals surface area contributed by atoms with Crippen molar-refractivity contribution < 1.29 is 9.59 Å². The predicted molar refractivity (Wildman–Crippen MR) is 55.4 cm³/mol. The van der Waals surface area contributed by atoms with Gasteiger partial charge in [-0.1, -0.05) is 6.42 Å². The molecule has 3 amide bonds. The average Bonchev–Trinajstić information content (AvgIpc) is 2.58. The van der Waals surface area contributed by atoms with Crippen LogP contribution in [0.3, 0.4) is 0 Å². The van der Waals surface area contributed by atoms with Gasteiger partial charge in [0.1, 0.15) is 0 Å². The molecule has 15 heavy (non-hydrogen) atoms. The van der Waals surface area contributed by atoms with Crippen molar-refractivity contribution in [2.24, 2.45) is 0 Å². The first-order valence-electron chi connectivity index (χ1n) is 5.59. The lowest BCUT2D eigenvalue weighted by Crippen LogP contribution is -2.39. The van der Waals surface area contributed by atoms with Gasteiger partial charge >= 0.3 is 6.03 Å². The Morgan fingerprint density at radius 1 is 1.33 bits per heavy atom. The molecule has 2 aliphatic rings. The van der Waals surface area contributed by atoms with E-state index in [9.17, 15) is 9.59 Å². The molecule has 2 heterocycles. The first kappa shape index (κ1) is 10.4. The van der Waals surface area contributed by atoms with Gasteiger partial charge in [-0.3, -0.25) is 9.69 Å². The first-order valence-corrected chi connectivity index (χ1v) is 5.59. The topological polar surface area (TPSA) is 61.4 Å². The van der Waals surface area contributed by atoms with Gasteiger partial charge in [-0.15, -0.1) is 0 Å². The number of piperidine rings is 1. The van der Waals surface area contributed by atoms with Gasteiger partial charge in [-0.25, -0.2) is 4.79 Å². The van der Waals surface area contributed by atoms with E-state index < -0.39 is 0 Å². The molecule has 0 aliphatic carbocycles. The number of imide groups is 1. The highest BCUT2D eigenvalue weighted by Crippen LogP contribution is 2.11. The molecule has 2 rings (SSSR count). The van der Waals surface area contributed by atoms with Crippen LogP contribution in [-0.2, 0) is 4.79 Å². The molecule has 0 aromatic carbocycles. The molecule has 1 atom stereocenters. The van der Waals surface area contributed by atoms with Gasteiger partial charge in [-0.05, 0) is 25.8 Å². The van der Waals surface area contributed by atoms with E-state index in [0.29, 0.717) is 12.6 Å². The summed E-state index contributed by atoms with van der Waals surface area (Å²) < 4.78 is 0. The number of rotatable bonds is 3. The summed E-state index contributed by atoms with van der Waals surface area (Å²) in [5.41, 5.74) is 0. The van der Waals surface area contributed by atoms with Crippen LogP contribution in [0.2, 0.25) is 0 Å². The summed E-state index contributed by atoms with van der Waals surface area (Å²) in [6, 6.07) is 0.232. The van der Waals surface area contributed by atoms with Crippen molar-refractivity contribution in [3.05, 3.63) is 0 Å². The normalized spacial score (nSPS) is 26.9. The van der Waals surface area contributed by atoms with Gasteiger partial charge in [0.15, 0.2) is 0 Å². The van der Waals surface area contributed by atoms with Crippen LogP contribution in [0.5, 0.6) is 0 Å². The quantitative estimate of drug-likeness (QED) is 0.649. The SMILES string of the molecule is O=C1CNC(=O)N1CCC1CCCCN1. The molecule has 2 aliphatic heterocycles. The molecule has 5 nitrogen and oxygen atoms in total. The number of nitrogens with one attached hydrogen (secondary N) is 2.